The Bertz CT molecular complexity index is 1280. The molecule has 3 aliphatic rings. The Labute approximate surface area is 165 Å². The maximum Gasteiger partial charge on any atom is 0.352 e. The van der Waals surface area contributed by atoms with Crippen LogP contribution in [0.2, 0.25) is 0 Å². The Morgan fingerprint density at radius 1 is 1.07 bits per heavy atom. The Hall–Kier alpha value is -2.96. The number of rotatable bonds is 3. The van der Waals surface area contributed by atoms with Crippen LogP contribution in [0.4, 0.5) is 0 Å². The molecule has 29 heavy (non-hydrogen) atoms. The molecule has 1 aromatic carbocycles. The van der Waals surface area contributed by atoms with Gasteiger partial charge >= 0.3 is 5.69 Å². The van der Waals surface area contributed by atoms with Gasteiger partial charge in [-0.2, -0.15) is 14.4 Å². The lowest BCUT2D eigenvalue weighted by Gasteiger charge is -2.26. The predicted molar refractivity (Wildman–Crippen MR) is 102 cm³/mol. The summed E-state index contributed by atoms with van der Waals surface area (Å²) in [5.41, 5.74) is -0.907. The fourth-order valence-corrected chi connectivity index (χ4v) is 4.51. The number of morpholine rings is 1. The van der Waals surface area contributed by atoms with Crippen molar-refractivity contribution in [2.75, 3.05) is 26.3 Å². The van der Waals surface area contributed by atoms with Crippen molar-refractivity contribution in [1.29, 1.82) is 0 Å². The first-order valence-electron chi connectivity index (χ1n) is 8.79. The van der Waals surface area contributed by atoms with Crippen molar-refractivity contribution in [2.24, 2.45) is 14.1 Å². The van der Waals surface area contributed by atoms with Crippen molar-refractivity contribution in [3.63, 3.8) is 0 Å². The third kappa shape index (κ3) is 3.34. The smallest absolute Gasteiger partial charge is 0.352 e. The SMILES string of the molecule is Cn1nc(-c2cccc(S(=O)(=O)N3CCOCC3)c2)nc2c(=O)n(C)c(=O)nc1-2. The van der Waals surface area contributed by atoms with Gasteiger partial charge in [-0.25, -0.2) is 22.9 Å². The Morgan fingerprint density at radius 2 is 1.79 bits per heavy atom. The predicted octanol–water partition coefficient (Wildman–Crippen LogP) is -0.938. The molecule has 3 aliphatic heterocycles. The minimum atomic E-state index is -3.69. The number of hydrogen-bond acceptors (Lipinski definition) is 8. The molecule has 0 unspecified atom stereocenters. The van der Waals surface area contributed by atoms with Gasteiger partial charge in [0.05, 0.1) is 18.1 Å². The normalized spacial score (nSPS) is 15.7. The molecule has 1 fully saturated rings. The van der Waals surface area contributed by atoms with Crippen molar-refractivity contribution in [3.05, 3.63) is 45.1 Å². The summed E-state index contributed by atoms with van der Waals surface area (Å²) in [6.45, 7) is 1.27. The van der Waals surface area contributed by atoms with E-state index in [2.05, 4.69) is 15.1 Å². The van der Waals surface area contributed by atoms with Gasteiger partial charge in [0.15, 0.2) is 17.3 Å². The summed E-state index contributed by atoms with van der Waals surface area (Å²) in [4.78, 5) is 32.4. The number of aryl methyl sites for hydroxylation is 1. The highest BCUT2D eigenvalue weighted by Gasteiger charge is 2.27. The van der Waals surface area contributed by atoms with Gasteiger partial charge in [-0.1, -0.05) is 12.1 Å². The minimum Gasteiger partial charge on any atom is -0.379 e. The van der Waals surface area contributed by atoms with E-state index < -0.39 is 21.3 Å². The molecule has 0 atom stereocenters. The number of benzene rings is 1. The van der Waals surface area contributed by atoms with E-state index in [-0.39, 0.29) is 35.3 Å². The standard InChI is InChI=1S/C17H18N6O5S/c1-21-16(24)13-15(19-17(21)25)22(2)20-14(18-13)11-4-3-5-12(10-11)29(26,27)23-6-8-28-9-7-23/h3-5,10H,6-9H2,1-2H3. The van der Waals surface area contributed by atoms with Gasteiger partial charge in [0.25, 0.3) is 5.56 Å². The van der Waals surface area contributed by atoms with Crippen LogP contribution in [0.25, 0.3) is 22.9 Å². The first-order chi connectivity index (χ1) is 13.8. The van der Waals surface area contributed by atoms with Crippen LogP contribution >= 0.6 is 0 Å². The molecule has 11 nitrogen and oxygen atoms in total. The molecular formula is C17H18N6O5S. The Morgan fingerprint density at radius 3 is 2.52 bits per heavy atom. The zero-order valence-electron chi connectivity index (χ0n) is 15.8. The molecule has 0 saturated carbocycles. The van der Waals surface area contributed by atoms with Gasteiger partial charge in [-0.15, -0.1) is 0 Å². The third-order valence-corrected chi connectivity index (χ3v) is 6.57. The number of ether oxygens (including phenoxy) is 1. The zero-order chi connectivity index (χ0) is 20.8. The van der Waals surface area contributed by atoms with E-state index in [0.29, 0.717) is 18.8 Å². The van der Waals surface area contributed by atoms with E-state index in [0.717, 1.165) is 4.57 Å². The summed E-state index contributed by atoms with van der Waals surface area (Å²) >= 11 is 0. The number of nitrogens with zero attached hydrogens (tertiary/aromatic N) is 6. The van der Waals surface area contributed by atoms with Gasteiger partial charge in [0.2, 0.25) is 10.0 Å². The van der Waals surface area contributed by atoms with Crippen molar-refractivity contribution >= 4 is 10.0 Å². The lowest BCUT2D eigenvalue weighted by molar-refractivity contribution is 0.0730. The van der Waals surface area contributed by atoms with Gasteiger partial charge in [0.1, 0.15) is 0 Å². The van der Waals surface area contributed by atoms with Crippen LogP contribution in [-0.4, -0.2) is 63.3 Å². The highest BCUT2D eigenvalue weighted by atomic mass is 32.2. The second-order valence-electron chi connectivity index (χ2n) is 6.53. The molecule has 4 rings (SSSR count). The topological polar surface area (TPSA) is 129 Å². The molecular weight excluding hydrogens is 400 g/mol. The van der Waals surface area contributed by atoms with Crippen LogP contribution in [-0.2, 0) is 28.9 Å². The van der Waals surface area contributed by atoms with E-state index in [1.165, 1.54) is 35.2 Å². The van der Waals surface area contributed by atoms with E-state index in [4.69, 9.17) is 4.74 Å². The van der Waals surface area contributed by atoms with Crippen LogP contribution in [0.15, 0.2) is 38.8 Å². The third-order valence-electron chi connectivity index (χ3n) is 4.68. The van der Waals surface area contributed by atoms with Gasteiger partial charge in [0, 0.05) is 32.7 Å². The maximum absolute atomic E-state index is 12.9. The summed E-state index contributed by atoms with van der Waals surface area (Å²) in [6, 6.07) is 6.21. The van der Waals surface area contributed by atoms with E-state index in [1.807, 2.05) is 0 Å². The molecule has 0 aromatic heterocycles. The van der Waals surface area contributed by atoms with Crippen molar-refractivity contribution in [3.8, 4) is 22.9 Å². The molecule has 3 heterocycles. The average molecular weight is 418 g/mol. The van der Waals surface area contributed by atoms with Gasteiger partial charge in [-0.05, 0) is 12.1 Å². The fourth-order valence-electron chi connectivity index (χ4n) is 3.06. The highest BCUT2D eigenvalue weighted by Crippen LogP contribution is 2.24. The average Bonchev–Trinajstić information content (AvgIpc) is 2.73. The summed E-state index contributed by atoms with van der Waals surface area (Å²) in [7, 11) is -0.845. The molecule has 0 bridgehead atoms. The monoisotopic (exact) mass is 418 g/mol. The largest absolute Gasteiger partial charge is 0.379 e. The summed E-state index contributed by atoms with van der Waals surface area (Å²) in [5, 5.41) is 4.25. The van der Waals surface area contributed by atoms with Gasteiger partial charge in [-0.3, -0.25) is 9.36 Å². The first kappa shape index (κ1) is 19.4. The molecule has 0 amide bonds. The Kier molecular flexibility index (Phi) is 4.76. The quantitative estimate of drug-likeness (QED) is 0.533. The summed E-state index contributed by atoms with van der Waals surface area (Å²) < 4.78 is 34.6. The zero-order valence-corrected chi connectivity index (χ0v) is 16.6. The summed E-state index contributed by atoms with van der Waals surface area (Å²) in [5.74, 6) is 0.204. The molecule has 1 aromatic rings. The van der Waals surface area contributed by atoms with Crippen LogP contribution in [0, 0.1) is 0 Å². The van der Waals surface area contributed by atoms with Crippen LogP contribution in [0.3, 0.4) is 0 Å². The summed E-state index contributed by atoms with van der Waals surface area (Å²) in [6.07, 6.45) is 0. The molecule has 0 aliphatic carbocycles. The van der Waals surface area contributed by atoms with Crippen molar-refractivity contribution in [1.82, 2.24) is 28.6 Å². The molecule has 1 saturated heterocycles. The molecule has 0 spiro atoms. The van der Waals surface area contributed by atoms with Crippen molar-refractivity contribution < 1.29 is 13.2 Å². The lowest BCUT2D eigenvalue weighted by Crippen LogP contribution is -2.40. The first-order valence-corrected chi connectivity index (χ1v) is 10.2. The van der Waals surface area contributed by atoms with Crippen LogP contribution in [0.1, 0.15) is 0 Å². The van der Waals surface area contributed by atoms with Crippen LogP contribution < -0.4 is 11.2 Å². The van der Waals surface area contributed by atoms with Crippen molar-refractivity contribution in [2.45, 2.75) is 4.90 Å². The molecule has 152 valence electrons. The number of fused-ring (bicyclic) bond motifs is 1. The second kappa shape index (κ2) is 7.13. The number of hydrogen-bond donors (Lipinski definition) is 0. The highest BCUT2D eigenvalue weighted by molar-refractivity contribution is 7.89. The minimum absolute atomic E-state index is 0.0268. The van der Waals surface area contributed by atoms with E-state index in [1.54, 1.807) is 12.1 Å². The molecule has 0 N–H and O–H groups in total. The van der Waals surface area contributed by atoms with Crippen LogP contribution in [0.5, 0.6) is 0 Å². The second-order valence-corrected chi connectivity index (χ2v) is 8.47. The number of aromatic nitrogens is 5. The maximum atomic E-state index is 12.9. The van der Waals surface area contributed by atoms with Gasteiger partial charge < -0.3 is 4.74 Å². The number of sulfonamides is 1. The molecule has 12 heteroatoms. The fraction of sp³-hybridized carbons (Fsp3) is 0.353. The van der Waals surface area contributed by atoms with E-state index in [9.17, 15) is 18.0 Å². The molecule has 0 radical (unpaired) electrons. The lowest BCUT2D eigenvalue weighted by atomic mass is 10.2. The Balaban J connectivity index is 1.83. The van der Waals surface area contributed by atoms with E-state index >= 15 is 0 Å².